The first kappa shape index (κ1) is 17.6. The lowest BCUT2D eigenvalue weighted by Crippen LogP contribution is -2.19. The predicted octanol–water partition coefficient (Wildman–Crippen LogP) is 3.76. The summed E-state index contributed by atoms with van der Waals surface area (Å²) in [5, 5.41) is 0. The van der Waals surface area contributed by atoms with Gasteiger partial charge in [-0.1, -0.05) is 11.8 Å². The third-order valence-electron chi connectivity index (χ3n) is 2.15. The Balaban J connectivity index is 2.40. The quantitative estimate of drug-likeness (QED) is 0.343. The van der Waals surface area contributed by atoms with Crippen LogP contribution in [0, 0.1) is 17.7 Å². The van der Waals surface area contributed by atoms with Crippen LogP contribution in [0.5, 0.6) is 5.75 Å². The lowest BCUT2D eigenvalue weighted by molar-refractivity contribution is -0.175. The molecule has 0 aromatic heterocycles. The van der Waals surface area contributed by atoms with Crippen molar-refractivity contribution >= 4 is 11.6 Å². The molecule has 1 aromatic carbocycles. The molecule has 0 unspecified atom stereocenters. The Hall–Kier alpha value is -1.45. The van der Waals surface area contributed by atoms with E-state index in [4.69, 9.17) is 16.3 Å². The Morgan fingerprint density at radius 2 is 1.95 bits per heavy atom. The summed E-state index contributed by atoms with van der Waals surface area (Å²) in [6.07, 6.45) is -3.91. The van der Waals surface area contributed by atoms with E-state index in [1.54, 1.807) is 0 Å². The lowest BCUT2D eigenvalue weighted by Gasteiger charge is -2.09. The normalized spacial score (nSPS) is 10.9. The molecule has 0 aliphatic carbocycles. The molecule has 116 valence electrons. The summed E-state index contributed by atoms with van der Waals surface area (Å²) < 4.78 is 58.4. The summed E-state index contributed by atoms with van der Waals surface area (Å²) in [7, 11) is 0. The molecule has 0 amide bonds. The van der Waals surface area contributed by atoms with Gasteiger partial charge in [-0.05, 0) is 12.1 Å². The largest absolute Gasteiger partial charge is 0.491 e. The molecule has 0 N–H and O–H groups in total. The Labute approximate surface area is 125 Å². The van der Waals surface area contributed by atoms with Gasteiger partial charge in [0.15, 0.2) is 0 Å². The molecule has 0 aliphatic rings. The van der Waals surface area contributed by atoms with E-state index in [0.29, 0.717) is 12.3 Å². The molecule has 0 heterocycles. The summed E-state index contributed by atoms with van der Waals surface area (Å²) in [4.78, 5) is 0. The van der Waals surface area contributed by atoms with E-state index < -0.39 is 18.6 Å². The number of hydrogen-bond acceptors (Lipinski definition) is 2. The van der Waals surface area contributed by atoms with Crippen LogP contribution < -0.4 is 4.74 Å². The number of alkyl halides is 4. The van der Waals surface area contributed by atoms with Crippen LogP contribution in [0.25, 0.3) is 0 Å². The van der Waals surface area contributed by atoms with Gasteiger partial charge in [-0.3, -0.25) is 0 Å². The van der Waals surface area contributed by atoms with Gasteiger partial charge >= 0.3 is 6.18 Å². The molecule has 0 spiro atoms. The van der Waals surface area contributed by atoms with Crippen molar-refractivity contribution in [2.45, 2.75) is 12.6 Å². The molecule has 7 heteroatoms. The Morgan fingerprint density at radius 3 is 2.57 bits per heavy atom. The van der Waals surface area contributed by atoms with Crippen molar-refractivity contribution in [2.24, 2.45) is 0 Å². The molecule has 1 aromatic rings. The standard InChI is InChI=1S/C14H13ClF4O2/c15-6-2-1-3-11-4-5-12(9-13(11)16)21-8-7-20-10-14(17,18)19/h4-5,9H,2,6-8,10H2. The third kappa shape index (κ3) is 7.78. The topological polar surface area (TPSA) is 18.5 Å². The first-order chi connectivity index (χ1) is 9.92. The van der Waals surface area contributed by atoms with Crippen molar-refractivity contribution in [3.63, 3.8) is 0 Å². The molecule has 0 aliphatic heterocycles. The summed E-state index contributed by atoms with van der Waals surface area (Å²) >= 11 is 5.45. The number of benzene rings is 1. The van der Waals surface area contributed by atoms with Gasteiger partial charge in [0, 0.05) is 18.4 Å². The van der Waals surface area contributed by atoms with Crippen LogP contribution in [0.1, 0.15) is 12.0 Å². The summed E-state index contributed by atoms with van der Waals surface area (Å²) in [5.41, 5.74) is 0.209. The van der Waals surface area contributed by atoms with Gasteiger partial charge in [0.25, 0.3) is 0 Å². The molecule has 0 atom stereocenters. The van der Waals surface area contributed by atoms with Crippen molar-refractivity contribution in [2.75, 3.05) is 25.7 Å². The van der Waals surface area contributed by atoms with E-state index in [-0.39, 0.29) is 24.5 Å². The third-order valence-corrected chi connectivity index (χ3v) is 2.33. The van der Waals surface area contributed by atoms with Gasteiger partial charge in [0.1, 0.15) is 24.8 Å². The SMILES string of the molecule is Fc1cc(OCCOCC(F)(F)F)ccc1C#CCCCl. The van der Waals surface area contributed by atoms with Crippen molar-refractivity contribution in [3.05, 3.63) is 29.6 Å². The fraction of sp³-hybridized carbons (Fsp3) is 0.429. The molecule has 0 saturated carbocycles. The monoisotopic (exact) mass is 324 g/mol. The number of hydrogen-bond donors (Lipinski definition) is 0. The second-order valence-electron chi connectivity index (χ2n) is 3.90. The van der Waals surface area contributed by atoms with Crippen molar-refractivity contribution in [3.8, 4) is 17.6 Å². The highest BCUT2D eigenvalue weighted by Gasteiger charge is 2.27. The highest BCUT2D eigenvalue weighted by molar-refractivity contribution is 6.18. The van der Waals surface area contributed by atoms with Gasteiger partial charge in [-0.25, -0.2) is 4.39 Å². The minimum Gasteiger partial charge on any atom is -0.491 e. The first-order valence-corrected chi connectivity index (χ1v) is 6.57. The van der Waals surface area contributed by atoms with Crippen molar-refractivity contribution in [1.82, 2.24) is 0 Å². The zero-order valence-electron chi connectivity index (χ0n) is 11.0. The van der Waals surface area contributed by atoms with Crippen LogP contribution in [-0.2, 0) is 4.74 Å². The zero-order chi connectivity index (χ0) is 15.7. The van der Waals surface area contributed by atoms with E-state index in [1.807, 2.05) is 0 Å². The number of ether oxygens (including phenoxy) is 2. The molecule has 0 saturated heterocycles. The average Bonchev–Trinajstić information content (AvgIpc) is 2.39. The van der Waals surface area contributed by atoms with Gasteiger partial charge < -0.3 is 9.47 Å². The van der Waals surface area contributed by atoms with Crippen LogP contribution in [0.4, 0.5) is 17.6 Å². The summed E-state index contributed by atoms with van der Waals surface area (Å²) in [5.74, 6) is 5.32. The lowest BCUT2D eigenvalue weighted by atomic mass is 10.2. The van der Waals surface area contributed by atoms with Crippen LogP contribution in [0.15, 0.2) is 18.2 Å². The smallest absolute Gasteiger partial charge is 0.411 e. The highest BCUT2D eigenvalue weighted by atomic mass is 35.5. The fourth-order valence-electron chi connectivity index (χ4n) is 1.30. The molecular formula is C14H13ClF4O2. The van der Waals surface area contributed by atoms with Crippen molar-refractivity contribution in [1.29, 1.82) is 0 Å². The summed E-state index contributed by atoms with van der Waals surface area (Å²) in [6.45, 7) is -1.68. The van der Waals surface area contributed by atoms with E-state index >= 15 is 0 Å². The maximum absolute atomic E-state index is 13.6. The molecule has 0 fully saturated rings. The average molecular weight is 325 g/mol. The Morgan fingerprint density at radius 1 is 1.19 bits per heavy atom. The minimum absolute atomic E-state index is 0.104. The molecule has 2 nitrogen and oxygen atoms in total. The minimum atomic E-state index is -4.37. The van der Waals surface area contributed by atoms with Crippen LogP contribution in [0.2, 0.25) is 0 Å². The molecule has 0 bridgehead atoms. The van der Waals surface area contributed by atoms with Gasteiger partial charge in [0.2, 0.25) is 0 Å². The van der Waals surface area contributed by atoms with Gasteiger partial charge in [-0.15, -0.1) is 11.6 Å². The molecular weight excluding hydrogens is 312 g/mol. The molecule has 21 heavy (non-hydrogen) atoms. The van der Waals surface area contributed by atoms with E-state index in [0.717, 1.165) is 6.07 Å². The highest BCUT2D eigenvalue weighted by Crippen LogP contribution is 2.17. The van der Waals surface area contributed by atoms with E-state index in [9.17, 15) is 17.6 Å². The first-order valence-electron chi connectivity index (χ1n) is 6.04. The predicted molar refractivity (Wildman–Crippen MR) is 71.0 cm³/mol. The van der Waals surface area contributed by atoms with Crippen LogP contribution >= 0.6 is 11.6 Å². The van der Waals surface area contributed by atoms with Crippen LogP contribution in [0.3, 0.4) is 0 Å². The molecule has 0 radical (unpaired) electrons. The second kappa shape index (κ2) is 8.75. The molecule has 1 rings (SSSR count). The van der Waals surface area contributed by atoms with E-state index in [1.165, 1.54) is 12.1 Å². The van der Waals surface area contributed by atoms with Gasteiger partial charge in [0.05, 0.1) is 12.2 Å². The fourth-order valence-corrected chi connectivity index (χ4v) is 1.39. The number of halogens is 5. The second-order valence-corrected chi connectivity index (χ2v) is 4.28. The number of rotatable bonds is 6. The van der Waals surface area contributed by atoms with E-state index in [2.05, 4.69) is 16.6 Å². The zero-order valence-corrected chi connectivity index (χ0v) is 11.7. The maximum atomic E-state index is 13.6. The maximum Gasteiger partial charge on any atom is 0.411 e. The Bertz CT molecular complexity index is 506. The summed E-state index contributed by atoms with van der Waals surface area (Å²) in [6, 6.07) is 4.04. The Kier molecular flexibility index (Phi) is 7.34. The van der Waals surface area contributed by atoms with Crippen LogP contribution in [-0.4, -0.2) is 31.9 Å². The van der Waals surface area contributed by atoms with Crippen molar-refractivity contribution < 1.29 is 27.0 Å². The van der Waals surface area contributed by atoms with Gasteiger partial charge in [-0.2, -0.15) is 13.2 Å².